The van der Waals surface area contributed by atoms with Crippen molar-refractivity contribution in [3.63, 3.8) is 0 Å². The van der Waals surface area contributed by atoms with Gasteiger partial charge in [-0.25, -0.2) is 16.7 Å². The second-order valence-electron chi connectivity index (χ2n) is 4.49. The van der Waals surface area contributed by atoms with Gasteiger partial charge < -0.3 is 0 Å². The topological polar surface area (TPSA) is 105 Å². The zero-order valence-electron chi connectivity index (χ0n) is 9.22. The fourth-order valence-corrected chi connectivity index (χ4v) is 4.62. The summed E-state index contributed by atoms with van der Waals surface area (Å²) in [6.07, 6.45) is -0.943. The van der Waals surface area contributed by atoms with Gasteiger partial charge >= 0.3 is 20.8 Å². The third-order valence-electron chi connectivity index (χ3n) is 3.22. The second kappa shape index (κ2) is 4.12. The molecule has 4 unspecified atom stereocenters. The molecular formula is C8H12O8S2. The van der Waals surface area contributed by atoms with Gasteiger partial charge in [0.2, 0.25) is 0 Å². The molecule has 104 valence electrons. The number of hydrogen-bond donors (Lipinski definition) is 0. The molecule has 2 heterocycles. The predicted molar refractivity (Wildman–Crippen MR) is 55.8 cm³/mol. The summed E-state index contributed by atoms with van der Waals surface area (Å²) < 4.78 is 64.2. The third-order valence-corrected chi connectivity index (χ3v) is 5.11. The van der Waals surface area contributed by atoms with Crippen LogP contribution in [-0.4, -0.2) is 41.3 Å². The summed E-state index contributed by atoms with van der Waals surface area (Å²) in [4.78, 5) is 0. The van der Waals surface area contributed by atoms with Gasteiger partial charge in [0, 0.05) is 0 Å². The van der Waals surface area contributed by atoms with Crippen LogP contribution in [0.3, 0.4) is 0 Å². The third kappa shape index (κ3) is 2.28. The van der Waals surface area contributed by atoms with Crippen LogP contribution in [-0.2, 0) is 37.5 Å². The van der Waals surface area contributed by atoms with Crippen molar-refractivity contribution in [2.75, 3.05) is 0 Å². The molecule has 18 heavy (non-hydrogen) atoms. The summed E-state index contributed by atoms with van der Waals surface area (Å²) in [5.74, 6) is 0. The van der Waals surface area contributed by atoms with Crippen LogP contribution >= 0.6 is 0 Å². The standard InChI is InChI=1S/C8H12O8S2/c9-17(10)13-5-3-1-2-4-6-8(7(5)15-17)16-18(11,12)14-6/h5-8H,1-4H2. The molecule has 0 aromatic heterocycles. The van der Waals surface area contributed by atoms with Crippen LogP contribution in [0.5, 0.6) is 0 Å². The number of rotatable bonds is 0. The van der Waals surface area contributed by atoms with Crippen molar-refractivity contribution in [2.45, 2.75) is 50.1 Å². The van der Waals surface area contributed by atoms with E-state index < -0.39 is 45.2 Å². The first-order valence-electron chi connectivity index (χ1n) is 5.59. The van der Waals surface area contributed by atoms with E-state index in [1.54, 1.807) is 0 Å². The average molecular weight is 300 g/mol. The van der Waals surface area contributed by atoms with Gasteiger partial charge in [0.25, 0.3) is 0 Å². The Hall–Kier alpha value is -0.260. The molecule has 0 spiro atoms. The molecule has 0 radical (unpaired) electrons. The fourth-order valence-electron chi connectivity index (χ4n) is 2.50. The SMILES string of the molecule is O=S1(=O)OC2CCCCC3OS(=O)(=O)OC3C2O1. The van der Waals surface area contributed by atoms with Crippen molar-refractivity contribution in [3.05, 3.63) is 0 Å². The molecule has 0 N–H and O–H groups in total. The Balaban J connectivity index is 1.93. The molecule has 3 fully saturated rings. The van der Waals surface area contributed by atoms with Gasteiger partial charge in [-0.1, -0.05) is 12.8 Å². The summed E-state index contributed by atoms with van der Waals surface area (Å²) in [5, 5.41) is 0. The molecule has 0 bridgehead atoms. The van der Waals surface area contributed by atoms with E-state index in [0.29, 0.717) is 25.7 Å². The summed E-state index contributed by atoms with van der Waals surface area (Å²) in [7, 11) is -8.14. The van der Waals surface area contributed by atoms with Gasteiger partial charge in [0.1, 0.15) is 24.4 Å². The van der Waals surface area contributed by atoms with E-state index in [-0.39, 0.29) is 0 Å². The van der Waals surface area contributed by atoms with Crippen LogP contribution in [0.4, 0.5) is 0 Å². The minimum absolute atomic E-state index is 0.483. The smallest absolute Gasteiger partial charge is 0.242 e. The first kappa shape index (κ1) is 12.8. The lowest BCUT2D eigenvalue weighted by molar-refractivity contribution is 0.00367. The van der Waals surface area contributed by atoms with Gasteiger partial charge in [0.05, 0.1) is 0 Å². The molecule has 1 aliphatic carbocycles. The molecule has 2 aliphatic heterocycles. The van der Waals surface area contributed by atoms with Gasteiger partial charge in [-0.2, -0.15) is 16.8 Å². The van der Waals surface area contributed by atoms with Crippen LogP contribution < -0.4 is 0 Å². The number of hydrogen-bond acceptors (Lipinski definition) is 8. The van der Waals surface area contributed by atoms with Crippen molar-refractivity contribution in [1.82, 2.24) is 0 Å². The van der Waals surface area contributed by atoms with Crippen molar-refractivity contribution in [3.8, 4) is 0 Å². The summed E-state index contributed by atoms with van der Waals surface area (Å²) in [5.41, 5.74) is 0. The lowest BCUT2D eigenvalue weighted by Crippen LogP contribution is -2.42. The Morgan fingerprint density at radius 1 is 0.667 bits per heavy atom. The van der Waals surface area contributed by atoms with E-state index in [0.717, 1.165) is 0 Å². The first-order chi connectivity index (χ1) is 8.36. The van der Waals surface area contributed by atoms with Crippen LogP contribution in [0.25, 0.3) is 0 Å². The number of fused-ring (bicyclic) bond motifs is 3. The molecule has 0 aromatic carbocycles. The molecule has 4 atom stereocenters. The minimum atomic E-state index is -4.07. The molecule has 10 heteroatoms. The monoisotopic (exact) mass is 300 g/mol. The highest BCUT2D eigenvalue weighted by Crippen LogP contribution is 2.37. The molecule has 8 nitrogen and oxygen atoms in total. The second-order valence-corrected chi connectivity index (χ2v) is 6.89. The molecule has 0 aromatic rings. The Kier molecular flexibility index (Phi) is 2.92. The van der Waals surface area contributed by atoms with E-state index in [9.17, 15) is 16.8 Å². The summed E-state index contributed by atoms with van der Waals surface area (Å²) in [6, 6.07) is 0. The Morgan fingerprint density at radius 3 is 1.44 bits per heavy atom. The molecule has 3 aliphatic rings. The van der Waals surface area contributed by atoms with E-state index in [4.69, 9.17) is 16.7 Å². The first-order valence-corrected chi connectivity index (χ1v) is 8.26. The largest absolute Gasteiger partial charge is 0.400 e. The van der Waals surface area contributed by atoms with E-state index in [2.05, 4.69) is 0 Å². The van der Waals surface area contributed by atoms with Crippen LogP contribution in [0.2, 0.25) is 0 Å². The highest BCUT2D eigenvalue weighted by molar-refractivity contribution is 7.82. The fraction of sp³-hybridized carbons (Fsp3) is 1.00. The van der Waals surface area contributed by atoms with Crippen molar-refractivity contribution in [1.29, 1.82) is 0 Å². The molecule has 3 rings (SSSR count). The average Bonchev–Trinajstić information content (AvgIpc) is 2.68. The zero-order chi connectivity index (χ0) is 13.0. The Morgan fingerprint density at radius 2 is 1.06 bits per heavy atom. The summed E-state index contributed by atoms with van der Waals surface area (Å²) >= 11 is 0. The van der Waals surface area contributed by atoms with Crippen LogP contribution in [0.1, 0.15) is 25.7 Å². The molecular weight excluding hydrogens is 288 g/mol. The van der Waals surface area contributed by atoms with Gasteiger partial charge in [0.15, 0.2) is 0 Å². The van der Waals surface area contributed by atoms with Gasteiger partial charge in [-0.15, -0.1) is 0 Å². The molecule has 0 amide bonds. The van der Waals surface area contributed by atoms with E-state index in [1.807, 2.05) is 0 Å². The normalized spacial score (nSPS) is 45.8. The van der Waals surface area contributed by atoms with Crippen LogP contribution in [0.15, 0.2) is 0 Å². The quantitative estimate of drug-likeness (QED) is 0.596. The Labute approximate surface area is 105 Å². The molecule has 1 saturated carbocycles. The maximum absolute atomic E-state index is 11.3. The lowest BCUT2D eigenvalue weighted by atomic mass is 9.92. The maximum Gasteiger partial charge on any atom is 0.400 e. The summed E-state index contributed by atoms with van der Waals surface area (Å²) in [6.45, 7) is 0. The van der Waals surface area contributed by atoms with Crippen molar-refractivity contribution < 1.29 is 33.6 Å². The predicted octanol–water partition coefficient (Wildman–Crippen LogP) is -0.382. The Bertz CT molecular complexity index is 487. The van der Waals surface area contributed by atoms with E-state index >= 15 is 0 Å². The molecule has 2 saturated heterocycles. The highest BCUT2D eigenvalue weighted by Gasteiger charge is 2.54. The lowest BCUT2D eigenvalue weighted by Gasteiger charge is -2.24. The highest BCUT2D eigenvalue weighted by atomic mass is 32.3. The van der Waals surface area contributed by atoms with Gasteiger partial charge in [-0.05, 0) is 12.8 Å². The minimum Gasteiger partial charge on any atom is -0.242 e. The van der Waals surface area contributed by atoms with Gasteiger partial charge in [-0.3, -0.25) is 0 Å². The van der Waals surface area contributed by atoms with E-state index in [1.165, 1.54) is 0 Å². The zero-order valence-corrected chi connectivity index (χ0v) is 10.9. The van der Waals surface area contributed by atoms with Crippen LogP contribution in [0, 0.1) is 0 Å². The maximum atomic E-state index is 11.3. The van der Waals surface area contributed by atoms with Crippen molar-refractivity contribution >= 4 is 20.8 Å². The van der Waals surface area contributed by atoms with Crippen molar-refractivity contribution in [2.24, 2.45) is 0 Å².